The van der Waals surface area contributed by atoms with E-state index in [1.165, 1.54) is 11.3 Å². The molecule has 0 aromatic carbocycles. The number of thiophene rings is 1. The maximum absolute atomic E-state index is 12.5. The van der Waals surface area contributed by atoms with Crippen molar-refractivity contribution >= 4 is 17.2 Å². The van der Waals surface area contributed by atoms with E-state index in [0.717, 1.165) is 35.7 Å². The standard InChI is InChI=1S/C15H20N2O2S/c1-16(2)12-5-3-9-17(11-12)15(19)14-8-7-13(20-14)6-4-10-18/h7-8,12,18H,3,5,9-11H2,1-2H3. The van der Waals surface area contributed by atoms with Crippen molar-refractivity contribution in [2.45, 2.75) is 18.9 Å². The first-order chi connectivity index (χ1) is 9.61. The van der Waals surface area contributed by atoms with E-state index in [2.05, 4.69) is 30.8 Å². The molecule has 1 aliphatic rings. The summed E-state index contributed by atoms with van der Waals surface area (Å²) in [4.78, 5) is 18.1. The molecule has 1 atom stereocenters. The zero-order chi connectivity index (χ0) is 14.5. The van der Waals surface area contributed by atoms with Crippen LogP contribution in [0.15, 0.2) is 12.1 Å². The molecule has 0 spiro atoms. The predicted octanol–water partition coefficient (Wildman–Crippen LogP) is 1.26. The number of likely N-dealkylation sites (tertiary alicyclic amines) is 1. The van der Waals surface area contributed by atoms with Gasteiger partial charge in [0.1, 0.15) is 6.61 Å². The smallest absolute Gasteiger partial charge is 0.264 e. The molecular formula is C15H20N2O2S. The summed E-state index contributed by atoms with van der Waals surface area (Å²) in [5.41, 5.74) is 0. The summed E-state index contributed by atoms with van der Waals surface area (Å²) in [6.45, 7) is 1.47. The van der Waals surface area contributed by atoms with Crippen LogP contribution in [0.5, 0.6) is 0 Å². The van der Waals surface area contributed by atoms with E-state index >= 15 is 0 Å². The maximum Gasteiger partial charge on any atom is 0.264 e. The summed E-state index contributed by atoms with van der Waals surface area (Å²) in [6.07, 6.45) is 2.20. The van der Waals surface area contributed by atoms with Gasteiger partial charge in [-0.15, -0.1) is 11.3 Å². The summed E-state index contributed by atoms with van der Waals surface area (Å²) in [6, 6.07) is 4.11. The van der Waals surface area contributed by atoms with Crippen LogP contribution in [0.4, 0.5) is 0 Å². The topological polar surface area (TPSA) is 43.8 Å². The number of rotatable bonds is 2. The van der Waals surface area contributed by atoms with E-state index in [9.17, 15) is 4.79 Å². The number of piperidine rings is 1. The van der Waals surface area contributed by atoms with Gasteiger partial charge < -0.3 is 14.9 Å². The van der Waals surface area contributed by atoms with E-state index in [4.69, 9.17) is 5.11 Å². The van der Waals surface area contributed by atoms with Gasteiger partial charge >= 0.3 is 0 Å². The first kappa shape index (κ1) is 15.0. The van der Waals surface area contributed by atoms with E-state index in [1.54, 1.807) is 0 Å². The Kier molecular flexibility index (Phi) is 5.18. The van der Waals surface area contributed by atoms with Gasteiger partial charge in [0, 0.05) is 19.1 Å². The van der Waals surface area contributed by atoms with Crippen molar-refractivity contribution in [3.05, 3.63) is 21.9 Å². The minimum Gasteiger partial charge on any atom is -0.384 e. The molecule has 2 rings (SSSR count). The molecule has 1 aliphatic heterocycles. The lowest BCUT2D eigenvalue weighted by atomic mass is 10.0. The Labute approximate surface area is 124 Å². The first-order valence-electron chi connectivity index (χ1n) is 6.77. The van der Waals surface area contributed by atoms with Gasteiger partial charge in [-0.3, -0.25) is 4.79 Å². The van der Waals surface area contributed by atoms with Gasteiger partial charge in [0.25, 0.3) is 5.91 Å². The molecule has 2 heterocycles. The average molecular weight is 292 g/mol. The predicted molar refractivity (Wildman–Crippen MR) is 80.9 cm³/mol. The van der Waals surface area contributed by atoms with Gasteiger partial charge in [-0.25, -0.2) is 0 Å². The van der Waals surface area contributed by atoms with Crippen molar-refractivity contribution in [1.82, 2.24) is 9.80 Å². The van der Waals surface area contributed by atoms with E-state index in [-0.39, 0.29) is 12.5 Å². The number of aliphatic hydroxyl groups excluding tert-OH is 1. The first-order valence-corrected chi connectivity index (χ1v) is 7.58. The fourth-order valence-electron chi connectivity index (χ4n) is 2.36. The molecule has 0 bridgehead atoms. The van der Waals surface area contributed by atoms with Gasteiger partial charge in [-0.2, -0.15) is 0 Å². The van der Waals surface area contributed by atoms with Crippen LogP contribution < -0.4 is 0 Å². The average Bonchev–Trinajstić information content (AvgIpc) is 2.93. The van der Waals surface area contributed by atoms with Gasteiger partial charge in [-0.05, 0) is 39.1 Å². The molecule has 1 N–H and O–H groups in total. The third-order valence-electron chi connectivity index (χ3n) is 3.52. The summed E-state index contributed by atoms with van der Waals surface area (Å²) in [5, 5.41) is 8.68. The van der Waals surface area contributed by atoms with Crippen LogP contribution in [0.1, 0.15) is 27.4 Å². The number of carbonyl (C=O) groups excluding carboxylic acids is 1. The zero-order valence-corrected chi connectivity index (χ0v) is 12.7. The maximum atomic E-state index is 12.5. The molecule has 108 valence electrons. The van der Waals surface area contributed by atoms with Crippen molar-refractivity contribution in [2.24, 2.45) is 0 Å². The number of nitrogens with zero attached hydrogens (tertiary/aromatic N) is 2. The molecule has 20 heavy (non-hydrogen) atoms. The van der Waals surface area contributed by atoms with Crippen molar-refractivity contribution in [2.75, 3.05) is 33.8 Å². The van der Waals surface area contributed by atoms with Crippen molar-refractivity contribution in [3.63, 3.8) is 0 Å². The van der Waals surface area contributed by atoms with Crippen LogP contribution in [-0.4, -0.2) is 60.6 Å². The Morgan fingerprint density at radius 1 is 1.55 bits per heavy atom. The van der Waals surface area contributed by atoms with Crippen LogP contribution >= 0.6 is 11.3 Å². The molecule has 1 unspecified atom stereocenters. The Morgan fingerprint density at radius 2 is 2.35 bits per heavy atom. The third-order valence-corrected chi connectivity index (χ3v) is 4.51. The molecule has 0 saturated carbocycles. The van der Waals surface area contributed by atoms with Gasteiger partial charge in [0.05, 0.1) is 9.75 Å². The highest BCUT2D eigenvalue weighted by atomic mass is 32.1. The van der Waals surface area contributed by atoms with Crippen LogP contribution in [0.25, 0.3) is 0 Å². The van der Waals surface area contributed by atoms with Gasteiger partial charge in [0.15, 0.2) is 0 Å². The number of amides is 1. The number of carbonyl (C=O) groups is 1. The lowest BCUT2D eigenvalue weighted by Crippen LogP contribution is -2.47. The molecule has 1 aromatic heterocycles. The second kappa shape index (κ2) is 6.89. The minimum absolute atomic E-state index is 0.0959. The Hall–Kier alpha value is -1.35. The van der Waals surface area contributed by atoms with Crippen molar-refractivity contribution in [1.29, 1.82) is 0 Å². The molecule has 1 fully saturated rings. The summed E-state index contributed by atoms with van der Waals surface area (Å²) in [7, 11) is 4.12. The molecule has 1 saturated heterocycles. The molecule has 0 aliphatic carbocycles. The number of likely N-dealkylation sites (N-methyl/N-ethyl adjacent to an activating group) is 1. The van der Waals surface area contributed by atoms with Crippen molar-refractivity contribution < 1.29 is 9.90 Å². The normalized spacial score (nSPS) is 18.8. The van der Waals surface area contributed by atoms with Gasteiger partial charge in [0.2, 0.25) is 0 Å². The zero-order valence-electron chi connectivity index (χ0n) is 11.9. The number of hydrogen-bond donors (Lipinski definition) is 1. The second-order valence-corrected chi connectivity index (χ2v) is 6.22. The molecule has 5 heteroatoms. The highest BCUT2D eigenvalue weighted by molar-refractivity contribution is 7.14. The second-order valence-electron chi connectivity index (χ2n) is 5.13. The fourth-order valence-corrected chi connectivity index (χ4v) is 3.21. The molecular weight excluding hydrogens is 272 g/mol. The molecule has 0 radical (unpaired) electrons. The van der Waals surface area contributed by atoms with Gasteiger partial charge in [-0.1, -0.05) is 11.8 Å². The third kappa shape index (κ3) is 3.60. The van der Waals surface area contributed by atoms with Crippen LogP contribution in [0.2, 0.25) is 0 Å². The molecule has 1 aromatic rings. The van der Waals surface area contributed by atoms with E-state index in [0.29, 0.717) is 6.04 Å². The lowest BCUT2D eigenvalue weighted by Gasteiger charge is -2.35. The fraction of sp³-hybridized carbons (Fsp3) is 0.533. The largest absolute Gasteiger partial charge is 0.384 e. The van der Waals surface area contributed by atoms with Crippen molar-refractivity contribution in [3.8, 4) is 11.8 Å². The summed E-state index contributed by atoms with van der Waals surface area (Å²) >= 11 is 1.39. The Morgan fingerprint density at radius 3 is 3.05 bits per heavy atom. The van der Waals surface area contributed by atoms with Crippen LogP contribution in [0, 0.1) is 11.8 Å². The van der Waals surface area contributed by atoms with Crippen LogP contribution in [0.3, 0.4) is 0 Å². The number of aliphatic hydroxyl groups is 1. The highest BCUT2D eigenvalue weighted by Crippen LogP contribution is 2.21. The molecule has 1 amide bonds. The number of hydrogen-bond acceptors (Lipinski definition) is 4. The Balaban J connectivity index is 2.05. The SMILES string of the molecule is CN(C)C1CCCN(C(=O)c2ccc(C#CCO)s2)C1. The Bertz CT molecular complexity index is 527. The van der Waals surface area contributed by atoms with E-state index in [1.807, 2.05) is 17.0 Å². The molecule has 4 nitrogen and oxygen atoms in total. The summed E-state index contributed by atoms with van der Waals surface area (Å²) < 4.78 is 0. The van der Waals surface area contributed by atoms with E-state index < -0.39 is 0 Å². The highest BCUT2D eigenvalue weighted by Gasteiger charge is 2.26. The monoisotopic (exact) mass is 292 g/mol. The lowest BCUT2D eigenvalue weighted by molar-refractivity contribution is 0.0640. The minimum atomic E-state index is -0.155. The van der Waals surface area contributed by atoms with Crippen LogP contribution in [-0.2, 0) is 0 Å². The quantitative estimate of drug-likeness (QED) is 0.835. The summed E-state index contributed by atoms with van der Waals surface area (Å²) in [5.74, 6) is 5.54.